The Balaban J connectivity index is 2.19. The van der Waals surface area contributed by atoms with E-state index in [1.165, 1.54) is 16.2 Å². The van der Waals surface area contributed by atoms with Crippen molar-refractivity contribution in [3.63, 3.8) is 0 Å². The summed E-state index contributed by atoms with van der Waals surface area (Å²) in [7, 11) is 2.42. The highest BCUT2D eigenvalue weighted by molar-refractivity contribution is 7.55. The second-order valence-corrected chi connectivity index (χ2v) is 5.23. The molecule has 0 saturated carbocycles. The molecule has 0 saturated heterocycles. The average Bonchev–Trinajstić information content (AvgIpc) is 2.40. The lowest BCUT2D eigenvalue weighted by Crippen LogP contribution is -2.08. The first kappa shape index (κ1) is 12.1. The number of methoxy groups -OCH3 is 1. The van der Waals surface area contributed by atoms with Gasteiger partial charge in [-0.2, -0.15) is 0 Å². The topological polar surface area (TPSA) is 9.23 Å². The Morgan fingerprint density at radius 3 is 2.35 bits per heavy atom. The van der Waals surface area contributed by atoms with E-state index in [1.54, 1.807) is 7.11 Å². The van der Waals surface area contributed by atoms with Crippen LogP contribution in [0.5, 0.6) is 5.75 Å². The van der Waals surface area contributed by atoms with Crippen LogP contribution >= 0.6 is 8.58 Å². The smallest absolute Gasteiger partial charge is 0.118 e. The lowest BCUT2D eigenvalue weighted by Gasteiger charge is -2.08. The van der Waals surface area contributed by atoms with Gasteiger partial charge in [-0.25, -0.2) is 0 Å². The Kier molecular flexibility index (Phi) is 4.17. The van der Waals surface area contributed by atoms with Gasteiger partial charge in [-0.15, -0.1) is 0 Å². The lowest BCUT2D eigenvalue weighted by molar-refractivity contribution is 0.415. The van der Waals surface area contributed by atoms with Crippen molar-refractivity contribution in [3.8, 4) is 5.75 Å². The Morgan fingerprint density at radius 1 is 1.00 bits per heavy atom. The van der Waals surface area contributed by atoms with Gasteiger partial charge in [0.15, 0.2) is 0 Å². The molecule has 0 bridgehead atoms. The predicted octanol–water partition coefficient (Wildman–Crippen LogP) is 2.89. The molecule has 1 unspecified atom stereocenters. The summed E-state index contributed by atoms with van der Waals surface area (Å²) in [4.78, 5) is 0. The maximum atomic E-state index is 5.17. The van der Waals surface area contributed by atoms with Gasteiger partial charge in [0.25, 0.3) is 0 Å². The summed E-state index contributed by atoms with van der Waals surface area (Å²) in [6.07, 6.45) is 1.10. The van der Waals surface area contributed by atoms with Crippen molar-refractivity contribution < 1.29 is 4.74 Å². The number of hydrogen-bond donors (Lipinski definition) is 0. The van der Waals surface area contributed by atoms with E-state index in [-0.39, 0.29) is 0 Å². The van der Waals surface area contributed by atoms with Gasteiger partial charge in [0.05, 0.1) is 7.11 Å². The molecular formula is C15H17OP. The van der Waals surface area contributed by atoms with E-state index >= 15 is 0 Å². The molecule has 0 amide bonds. The Morgan fingerprint density at radius 2 is 1.71 bits per heavy atom. The van der Waals surface area contributed by atoms with E-state index < -0.39 is 0 Å². The van der Waals surface area contributed by atoms with Gasteiger partial charge in [0, 0.05) is 0 Å². The molecule has 17 heavy (non-hydrogen) atoms. The molecule has 2 aromatic carbocycles. The molecule has 0 spiro atoms. The first-order valence-electron chi connectivity index (χ1n) is 5.82. The Labute approximate surface area is 105 Å². The highest BCUT2D eigenvalue weighted by Gasteiger charge is 2.01. The number of aryl methyl sites for hydroxylation is 1. The summed E-state index contributed by atoms with van der Waals surface area (Å²) in [5.74, 6) is 0.919. The van der Waals surface area contributed by atoms with Crippen LogP contribution in [0.2, 0.25) is 0 Å². The summed E-state index contributed by atoms with van der Waals surface area (Å²) < 4.78 is 5.17. The fourth-order valence-corrected chi connectivity index (χ4v) is 3.02. The summed E-state index contributed by atoms with van der Waals surface area (Å²) in [5.41, 5.74) is 1.45. The maximum absolute atomic E-state index is 5.17. The van der Waals surface area contributed by atoms with E-state index in [0.29, 0.717) is 0 Å². The first-order chi connectivity index (χ1) is 8.33. The quantitative estimate of drug-likeness (QED) is 0.751. The molecule has 1 nitrogen and oxygen atoms in total. The fourth-order valence-electron chi connectivity index (χ4n) is 1.78. The highest BCUT2D eigenvalue weighted by Crippen LogP contribution is 2.16. The second-order valence-electron chi connectivity index (χ2n) is 3.86. The normalized spacial score (nSPS) is 10.9. The number of benzene rings is 2. The SMILES string of the molecule is CCc1ccccc1Pc1ccc(OC)cc1. The third kappa shape index (κ3) is 3.08. The van der Waals surface area contributed by atoms with Crippen molar-refractivity contribution in [2.75, 3.05) is 7.11 Å². The molecule has 2 aromatic rings. The number of ether oxygens (including phenoxy) is 1. The highest BCUT2D eigenvalue weighted by atomic mass is 31.1. The minimum atomic E-state index is 0.725. The average molecular weight is 244 g/mol. The zero-order chi connectivity index (χ0) is 12.1. The first-order valence-corrected chi connectivity index (χ1v) is 6.82. The molecular weight excluding hydrogens is 227 g/mol. The van der Waals surface area contributed by atoms with E-state index in [2.05, 4.69) is 43.3 Å². The Hall–Kier alpha value is -1.33. The van der Waals surface area contributed by atoms with Crippen molar-refractivity contribution in [1.29, 1.82) is 0 Å². The van der Waals surface area contributed by atoms with Gasteiger partial charge >= 0.3 is 0 Å². The van der Waals surface area contributed by atoms with Crippen molar-refractivity contribution in [3.05, 3.63) is 54.1 Å². The lowest BCUT2D eigenvalue weighted by atomic mass is 10.2. The van der Waals surface area contributed by atoms with Crippen molar-refractivity contribution in [2.45, 2.75) is 13.3 Å². The van der Waals surface area contributed by atoms with Gasteiger partial charge < -0.3 is 4.74 Å². The van der Waals surface area contributed by atoms with Gasteiger partial charge in [0.2, 0.25) is 0 Å². The number of hydrogen-bond acceptors (Lipinski definition) is 1. The molecule has 0 radical (unpaired) electrons. The van der Waals surface area contributed by atoms with Crippen molar-refractivity contribution >= 4 is 19.2 Å². The van der Waals surface area contributed by atoms with E-state index in [4.69, 9.17) is 4.74 Å². The minimum Gasteiger partial charge on any atom is -0.497 e. The van der Waals surface area contributed by atoms with Crippen molar-refractivity contribution in [2.24, 2.45) is 0 Å². The number of rotatable bonds is 4. The third-order valence-corrected chi connectivity index (χ3v) is 4.15. The van der Waals surface area contributed by atoms with Crippen LogP contribution in [-0.4, -0.2) is 7.11 Å². The van der Waals surface area contributed by atoms with E-state index in [9.17, 15) is 0 Å². The van der Waals surface area contributed by atoms with Crippen LogP contribution in [0.25, 0.3) is 0 Å². The van der Waals surface area contributed by atoms with Crippen LogP contribution in [0.3, 0.4) is 0 Å². The van der Waals surface area contributed by atoms with E-state index in [0.717, 1.165) is 20.8 Å². The molecule has 0 aromatic heterocycles. The summed E-state index contributed by atoms with van der Waals surface area (Å²) in [5, 5.41) is 2.80. The zero-order valence-corrected chi connectivity index (χ0v) is 11.2. The molecule has 0 aliphatic heterocycles. The van der Waals surface area contributed by atoms with Gasteiger partial charge in [-0.05, 0) is 34.7 Å². The molecule has 1 atom stereocenters. The van der Waals surface area contributed by atoms with Gasteiger partial charge in [-0.3, -0.25) is 0 Å². The van der Waals surface area contributed by atoms with Gasteiger partial charge in [-0.1, -0.05) is 51.9 Å². The molecule has 2 rings (SSSR count). The molecule has 0 fully saturated rings. The van der Waals surface area contributed by atoms with Crippen molar-refractivity contribution in [1.82, 2.24) is 0 Å². The monoisotopic (exact) mass is 244 g/mol. The summed E-state index contributed by atoms with van der Waals surface area (Å²) in [6, 6.07) is 17.0. The van der Waals surface area contributed by atoms with Gasteiger partial charge in [0.1, 0.15) is 5.75 Å². The molecule has 2 heteroatoms. The zero-order valence-electron chi connectivity index (χ0n) is 10.2. The maximum Gasteiger partial charge on any atom is 0.118 e. The molecule has 0 N–H and O–H groups in total. The van der Waals surface area contributed by atoms with Crippen LogP contribution in [0.4, 0.5) is 0 Å². The van der Waals surface area contributed by atoms with Crippen LogP contribution in [-0.2, 0) is 6.42 Å². The largest absolute Gasteiger partial charge is 0.497 e. The van der Waals surface area contributed by atoms with Crippen LogP contribution in [0, 0.1) is 0 Å². The van der Waals surface area contributed by atoms with Crippen LogP contribution in [0.15, 0.2) is 48.5 Å². The molecule has 0 aliphatic rings. The predicted molar refractivity (Wildman–Crippen MR) is 76.4 cm³/mol. The minimum absolute atomic E-state index is 0.725. The second kappa shape index (κ2) is 5.84. The third-order valence-electron chi connectivity index (χ3n) is 2.77. The summed E-state index contributed by atoms with van der Waals surface area (Å²) in [6.45, 7) is 2.21. The summed E-state index contributed by atoms with van der Waals surface area (Å²) >= 11 is 0. The molecule has 88 valence electrons. The van der Waals surface area contributed by atoms with Crippen LogP contribution in [0.1, 0.15) is 12.5 Å². The standard InChI is InChI=1S/C15H17OP/c1-3-12-6-4-5-7-15(12)17-14-10-8-13(16-2)9-11-14/h4-11,17H,3H2,1-2H3. The molecule has 0 heterocycles. The van der Waals surface area contributed by atoms with Crippen LogP contribution < -0.4 is 15.3 Å². The fraction of sp³-hybridized carbons (Fsp3) is 0.200. The Bertz CT molecular complexity index is 477. The molecule has 0 aliphatic carbocycles. The van der Waals surface area contributed by atoms with E-state index in [1.807, 2.05) is 12.1 Å².